The van der Waals surface area contributed by atoms with Crippen LogP contribution in [0.4, 0.5) is 9.18 Å². The van der Waals surface area contributed by atoms with Crippen molar-refractivity contribution in [3.8, 4) is 16.9 Å². The Bertz CT molecular complexity index is 1570. The van der Waals surface area contributed by atoms with Gasteiger partial charge in [-0.05, 0) is 69.0 Å². The van der Waals surface area contributed by atoms with E-state index in [4.69, 9.17) is 9.47 Å². The van der Waals surface area contributed by atoms with Crippen molar-refractivity contribution in [2.24, 2.45) is 0 Å². The Morgan fingerprint density at radius 3 is 2.47 bits per heavy atom. The van der Waals surface area contributed by atoms with Gasteiger partial charge in [0, 0.05) is 49.3 Å². The molecular formula is C32H35FN4O6. The van der Waals surface area contributed by atoms with Crippen molar-refractivity contribution >= 4 is 18.0 Å². The number of imidazole rings is 1. The summed E-state index contributed by atoms with van der Waals surface area (Å²) in [7, 11) is 0. The van der Waals surface area contributed by atoms with Crippen LogP contribution in [0.5, 0.6) is 5.75 Å². The van der Waals surface area contributed by atoms with Crippen LogP contribution in [0.15, 0.2) is 42.7 Å². The highest BCUT2D eigenvalue weighted by molar-refractivity contribution is 6.01. The highest BCUT2D eigenvalue weighted by atomic mass is 19.1. The standard InChI is InChI=1S/C32H35FN4O6/c1-32(2,3)43-31(41)35-13-10-22(11-14-35)42-21-8-6-19(7-9-21)20-15-23-24(25(33)16-20)17-37(29(23)38)28(30(39)40)27-26-5-4-12-36(26)18-34-27/h6-9,15-16,18,22,28H,4-5,10-14,17H2,1-3H3,(H,39,40). The number of carbonyl (C=O) groups is 3. The summed E-state index contributed by atoms with van der Waals surface area (Å²) < 4.78 is 28.9. The van der Waals surface area contributed by atoms with Crippen LogP contribution < -0.4 is 4.74 Å². The summed E-state index contributed by atoms with van der Waals surface area (Å²) in [6, 6.07) is 8.92. The van der Waals surface area contributed by atoms with Gasteiger partial charge in [0.1, 0.15) is 23.3 Å². The molecule has 3 aliphatic rings. The van der Waals surface area contributed by atoms with E-state index in [-0.39, 0.29) is 29.9 Å². The van der Waals surface area contributed by atoms with E-state index in [0.29, 0.717) is 54.9 Å². The highest BCUT2D eigenvalue weighted by Crippen LogP contribution is 2.37. The molecule has 226 valence electrons. The number of fused-ring (bicyclic) bond motifs is 2. The van der Waals surface area contributed by atoms with Crippen molar-refractivity contribution in [2.75, 3.05) is 13.1 Å². The highest BCUT2D eigenvalue weighted by Gasteiger charge is 2.42. The average molecular weight is 591 g/mol. The van der Waals surface area contributed by atoms with Gasteiger partial charge in [0.25, 0.3) is 5.91 Å². The lowest BCUT2D eigenvalue weighted by atomic mass is 9.99. The van der Waals surface area contributed by atoms with Crippen LogP contribution in [-0.2, 0) is 29.0 Å². The minimum Gasteiger partial charge on any atom is -0.490 e. The summed E-state index contributed by atoms with van der Waals surface area (Å²) in [6.07, 6.45) is 4.17. The smallest absolute Gasteiger partial charge is 0.410 e. The Morgan fingerprint density at radius 2 is 1.79 bits per heavy atom. The van der Waals surface area contributed by atoms with Crippen LogP contribution in [0.3, 0.4) is 0 Å². The molecule has 43 heavy (non-hydrogen) atoms. The molecule has 2 amide bonds. The summed E-state index contributed by atoms with van der Waals surface area (Å²) in [5, 5.41) is 10.1. The van der Waals surface area contributed by atoms with E-state index in [2.05, 4.69) is 4.98 Å². The predicted octanol–water partition coefficient (Wildman–Crippen LogP) is 5.20. The van der Waals surface area contributed by atoms with Crippen LogP contribution in [0.25, 0.3) is 11.1 Å². The van der Waals surface area contributed by atoms with Gasteiger partial charge in [0.15, 0.2) is 6.04 Å². The molecule has 1 unspecified atom stereocenters. The number of hydrogen-bond acceptors (Lipinski definition) is 6. The molecule has 2 aromatic carbocycles. The maximum atomic E-state index is 15.4. The molecule has 1 atom stereocenters. The molecule has 11 heteroatoms. The Balaban J connectivity index is 1.14. The molecule has 1 saturated heterocycles. The number of carbonyl (C=O) groups excluding carboxylic acids is 2. The van der Waals surface area contributed by atoms with Crippen molar-refractivity contribution in [1.29, 1.82) is 0 Å². The summed E-state index contributed by atoms with van der Waals surface area (Å²) >= 11 is 0. The Morgan fingerprint density at radius 1 is 1.07 bits per heavy atom. The fraction of sp³-hybridized carbons (Fsp3) is 0.438. The lowest BCUT2D eigenvalue weighted by Gasteiger charge is -2.33. The third-order valence-corrected chi connectivity index (χ3v) is 8.20. The number of aromatic nitrogens is 2. The van der Waals surface area contributed by atoms with Gasteiger partial charge in [-0.25, -0.2) is 19.0 Å². The zero-order valence-corrected chi connectivity index (χ0v) is 24.5. The van der Waals surface area contributed by atoms with Gasteiger partial charge in [0.2, 0.25) is 0 Å². The van der Waals surface area contributed by atoms with E-state index in [0.717, 1.165) is 18.7 Å². The van der Waals surface area contributed by atoms with Crippen molar-refractivity contribution in [3.63, 3.8) is 0 Å². The quantitative estimate of drug-likeness (QED) is 0.420. The number of likely N-dealkylation sites (tertiary alicyclic amines) is 1. The molecule has 0 saturated carbocycles. The molecule has 1 fully saturated rings. The van der Waals surface area contributed by atoms with E-state index in [9.17, 15) is 19.5 Å². The van der Waals surface area contributed by atoms with Crippen LogP contribution in [0, 0.1) is 5.82 Å². The summed E-state index contributed by atoms with van der Waals surface area (Å²) in [6.45, 7) is 7.25. The number of carboxylic acids is 1. The molecule has 4 heterocycles. The monoisotopic (exact) mass is 590 g/mol. The lowest BCUT2D eigenvalue weighted by molar-refractivity contribution is -0.142. The number of nitrogens with zero attached hydrogens (tertiary/aromatic N) is 4. The van der Waals surface area contributed by atoms with Gasteiger partial charge in [0.05, 0.1) is 18.6 Å². The van der Waals surface area contributed by atoms with Gasteiger partial charge >= 0.3 is 12.1 Å². The van der Waals surface area contributed by atoms with Crippen molar-refractivity contribution < 1.29 is 33.4 Å². The Labute approximate surface area is 249 Å². The summed E-state index contributed by atoms with van der Waals surface area (Å²) in [5.41, 5.74) is 2.18. The summed E-state index contributed by atoms with van der Waals surface area (Å²) in [5.74, 6) is -1.62. The first kappa shape index (κ1) is 28.7. The van der Waals surface area contributed by atoms with E-state index >= 15 is 4.39 Å². The van der Waals surface area contributed by atoms with Crippen molar-refractivity contribution in [2.45, 2.75) is 77.3 Å². The van der Waals surface area contributed by atoms with Crippen LogP contribution in [0.1, 0.15) is 73.4 Å². The first-order valence-electron chi connectivity index (χ1n) is 14.6. The van der Waals surface area contributed by atoms with Gasteiger partial charge in [-0.1, -0.05) is 12.1 Å². The SMILES string of the molecule is CC(C)(C)OC(=O)N1CCC(Oc2ccc(-c3cc(F)c4c(c3)C(=O)N(C(C(=O)O)c3ncn5c3CCC5)C4)cc2)CC1. The molecule has 1 N–H and O–H groups in total. The number of halogens is 1. The third kappa shape index (κ3) is 5.68. The maximum Gasteiger partial charge on any atom is 0.410 e. The zero-order chi connectivity index (χ0) is 30.5. The summed E-state index contributed by atoms with van der Waals surface area (Å²) in [4.78, 5) is 45.4. The number of amides is 2. The predicted molar refractivity (Wildman–Crippen MR) is 154 cm³/mol. The number of aliphatic carboxylic acids is 1. The van der Waals surface area contributed by atoms with Crippen molar-refractivity contribution in [3.05, 3.63) is 71.1 Å². The van der Waals surface area contributed by atoms with Gasteiger partial charge in [-0.15, -0.1) is 0 Å². The third-order valence-electron chi connectivity index (χ3n) is 8.20. The molecule has 0 radical (unpaired) electrons. The number of piperidine rings is 1. The number of aryl methyl sites for hydroxylation is 1. The molecule has 0 aliphatic carbocycles. The fourth-order valence-electron chi connectivity index (χ4n) is 6.09. The van der Waals surface area contributed by atoms with Crippen molar-refractivity contribution in [1.82, 2.24) is 19.4 Å². The normalized spacial score (nSPS) is 17.5. The van der Waals surface area contributed by atoms with Gasteiger partial charge in [-0.3, -0.25) is 4.79 Å². The van der Waals surface area contributed by atoms with Crippen LogP contribution >= 0.6 is 0 Å². The molecule has 1 aromatic heterocycles. The topological polar surface area (TPSA) is 114 Å². The van der Waals surface area contributed by atoms with E-state index in [1.54, 1.807) is 41.6 Å². The fourth-order valence-corrected chi connectivity index (χ4v) is 6.09. The molecule has 3 aliphatic heterocycles. The molecule has 3 aromatic rings. The van der Waals surface area contributed by atoms with Gasteiger partial charge < -0.3 is 28.9 Å². The largest absolute Gasteiger partial charge is 0.490 e. The number of benzene rings is 2. The molecule has 6 rings (SSSR count). The number of ether oxygens (including phenoxy) is 2. The first-order chi connectivity index (χ1) is 20.5. The molecule has 0 bridgehead atoms. The lowest BCUT2D eigenvalue weighted by Crippen LogP contribution is -2.44. The number of hydrogen-bond donors (Lipinski definition) is 1. The second-order valence-corrected chi connectivity index (χ2v) is 12.3. The molecule has 10 nitrogen and oxygen atoms in total. The van der Waals surface area contributed by atoms with Crippen LogP contribution in [-0.4, -0.2) is 67.2 Å². The number of rotatable bonds is 6. The van der Waals surface area contributed by atoms with E-state index in [1.165, 1.54) is 11.0 Å². The minimum atomic E-state index is -1.29. The molecule has 0 spiro atoms. The Hall–Kier alpha value is -4.41. The average Bonchev–Trinajstić information content (AvgIpc) is 3.66. The van der Waals surface area contributed by atoms with Gasteiger partial charge in [-0.2, -0.15) is 0 Å². The zero-order valence-electron chi connectivity index (χ0n) is 24.5. The second-order valence-electron chi connectivity index (χ2n) is 12.3. The van der Waals surface area contributed by atoms with Crippen LogP contribution in [0.2, 0.25) is 0 Å². The number of carboxylic acid groups (broad SMARTS) is 1. The Kier molecular flexibility index (Phi) is 7.35. The van der Waals surface area contributed by atoms with E-state index < -0.39 is 29.3 Å². The first-order valence-corrected chi connectivity index (χ1v) is 14.6. The molecular weight excluding hydrogens is 555 g/mol. The maximum absolute atomic E-state index is 15.4. The van der Waals surface area contributed by atoms with E-state index in [1.807, 2.05) is 25.3 Å². The minimum absolute atomic E-state index is 0.0516. The second kappa shape index (κ2) is 11.0.